The first-order valence-corrected chi connectivity index (χ1v) is 8.58. The van der Waals surface area contributed by atoms with Gasteiger partial charge in [-0.1, -0.05) is 17.7 Å². The lowest BCUT2D eigenvalue weighted by Gasteiger charge is -2.09. The molecule has 0 aliphatic rings. The molecule has 3 aromatic heterocycles. The molecule has 0 fully saturated rings. The van der Waals surface area contributed by atoms with Crippen LogP contribution in [0.2, 0.25) is 0 Å². The van der Waals surface area contributed by atoms with Gasteiger partial charge in [0.25, 0.3) is 0 Å². The minimum absolute atomic E-state index is 0.0247. The number of pyridine rings is 1. The van der Waals surface area contributed by atoms with Crippen molar-refractivity contribution in [3.8, 4) is 5.69 Å². The Bertz CT molecular complexity index is 1220. The van der Waals surface area contributed by atoms with Gasteiger partial charge in [-0.05, 0) is 43.4 Å². The molecular weight excluding hydrogens is 391 g/mol. The second-order valence-electron chi connectivity index (χ2n) is 6.22. The average Bonchev–Trinajstić information content (AvgIpc) is 3.15. The van der Waals surface area contributed by atoms with Crippen LogP contribution in [0.1, 0.15) is 17.1 Å². The molecule has 0 unspecified atom stereocenters. The number of aryl methyl sites for hydroxylation is 1. The van der Waals surface area contributed by atoms with E-state index in [-0.39, 0.29) is 18.0 Å². The van der Waals surface area contributed by atoms with Crippen LogP contribution in [0.5, 0.6) is 0 Å². The zero-order valence-electron chi connectivity index (χ0n) is 14.5. The number of aromatic amines is 1. The number of hydrogen-bond acceptors (Lipinski definition) is 5. The van der Waals surface area contributed by atoms with E-state index in [2.05, 4.69) is 20.3 Å². The van der Waals surface area contributed by atoms with Crippen LogP contribution in [0.3, 0.4) is 0 Å². The van der Waals surface area contributed by atoms with E-state index in [9.17, 15) is 13.2 Å². The molecule has 0 bridgehead atoms. The van der Waals surface area contributed by atoms with Crippen molar-refractivity contribution >= 4 is 29.1 Å². The molecule has 0 amide bonds. The van der Waals surface area contributed by atoms with Crippen LogP contribution in [-0.2, 0) is 12.7 Å². The molecule has 11 heteroatoms. The third kappa shape index (κ3) is 3.13. The maximum atomic E-state index is 13.0. The number of nitrogens with zero attached hydrogens (tertiary/aromatic N) is 5. The molecule has 28 heavy (non-hydrogen) atoms. The molecule has 0 saturated carbocycles. The van der Waals surface area contributed by atoms with Gasteiger partial charge >= 0.3 is 6.18 Å². The standard InChI is InChI=1S/C17H14F3N7S/c1-9-2-4-10(5-3-9)27-13(23-24-16(27)28)8-26-15-11(14(21)25-26)6-7-12(22-15)17(18,19)20/h2-7H,8H2,1H3,(H2,21,25)(H,24,28). The Kier molecular flexibility index (Phi) is 4.18. The number of fused-ring (bicyclic) bond motifs is 1. The zero-order chi connectivity index (χ0) is 20.1. The lowest BCUT2D eigenvalue weighted by Crippen LogP contribution is -2.12. The van der Waals surface area contributed by atoms with Gasteiger partial charge in [-0.3, -0.25) is 9.67 Å². The van der Waals surface area contributed by atoms with Crippen LogP contribution in [0.15, 0.2) is 36.4 Å². The van der Waals surface area contributed by atoms with Gasteiger partial charge in [-0.15, -0.1) is 0 Å². The summed E-state index contributed by atoms with van der Waals surface area (Å²) in [6.07, 6.45) is -4.57. The maximum absolute atomic E-state index is 13.0. The van der Waals surface area contributed by atoms with E-state index < -0.39 is 11.9 Å². The number of alkyl halides is 3. The summed E-state index contributed by atoms with van der Waals surface area (Å²) < 4.78 is 42.5. The van der Waals surface area contributed by atoms with Crippen molar-refractivity contribution in [2.45, 2.75) is 19.6 Å². The Hall–Kier alpha value is -3.21. The van der Waals surface area contributed by atoms with Gasteiger partial charge in [0, 0.05) is 5.69 Å². The van der Waals surface area contributed by atoms with Gasteiger partial charge in [-0.2, -0.15) is 23.4 Å². The minimum Gasteiger partial charge on any atom is -0.382 e. The van der Waals surface area contributed by atoms with E-state index in [1.807, 2.05) is 31.2 Å². The van der Waals surface area contributed by atoms with Crippen molar-refractivity contribution < 1.29 is 13.2 Å². The summed E-state index contributed by atoms with van der Waals surface area (Å²) in [4.78, 5) is 3.71. The number of aromatic nitrogens is 6. The van der Waals surface area contributed by atoms with Crippen molar-refractivity contribution in [2.24, 2.45) is 0 Å². The van der Waals surface area contributed by atoms with Crippen molar-refractivity contribution in [1.29, 1.82) is 0 Å². The summed E-state index contributed by atoms with van der Waals surface area (Å²) in [5, 5.41) is 11.4. The van der Waals surface area contributed by atoms with Crippen molar-refractivity contribution in [3.63, 3.8) is 0 Å². The van der Waals surface area contributed by atoms with Gasteiger partial charge in [-0.25, -0.2) is 9.67 Å². The summed E-state index contributed by atoms with van der Waals surface area (Å²) in [7, 11) is 0. The number of nitrogens with one attached hydrogen (secondary N) is 1. The van der Waals surface area contributed by atoms with E-state index in [4.69, 9.17) is 18.0 Å². The predicted molar refractivity (Wildman–Crippen MR) is 99.5 cm³/mol. The molecule has 1 aromatic carbocycles. The summed E-state index contributed by atoms with van der Waals surface area (Å²) >= 11 is 5.30. The first-order valence-electron chi connectivity index (χ1n) is 8.17. The Morgan fingerprint density at radius 2 is 1.86 bits per heavy atom. The van der Waals surface area contributed by atoms with E-state index in [0.29, 0.717) is 16.0 Å². The Morgan fingerprint density at radius 3 is 2.54 bits per heavy atom. The lowest BCUT2D eigenvalue weighted by atomic mass is 10.2. The summed E-state index contributed by atoms with van der Waals surface area (Å²) in [5.41, 5.74) is 6.71. The predicted octanol–water partition coefficient (Wildman–Crippen LogP) is 3.63. The number of benzene rings is 1. The summed E-state index contributed by atoms with van der Waals surface area (Å²) in [6.45, 7) is 1.99. The van der Waals surface area contributed by atoms with Crippen LogP contribution in [-0.4, -0.2) is 29.5 Å². The number of H-pyrrole nitrogens is 1. The highest BCUT2D eigenvalue weighted by Crippen LogP contribution is 2.30. The van der Waals surface area contributed by atoms with E-state index in [1.165, 1.54) is 10.7 Å². The highest BCUT2D eigenvalue weighted by atomic mass is 32.1. The first-order chi connectivity index (χ1) is 13.2. The fourth-order valence-electron chi connectivity index (χ4n) is 2.87. The molecule has 3 heterocycles. The Labute approximate surface area is 161 Å². The normalized spacial score (nSPS) is 12.0. The van der Waals surface area contributed by atoms with Crippen LogP contribution < -0.4 is 5.73 Å². The summed E-state index contributed by atoms with van der Waals surface area (Å²) in [6, 6.07) is 9.74. The molecule has 0 aliphatic carbocycles. The van der Waals surface area contributed by atoms with Crippen LogP contribution in [0.25, 0.3) is 16.7 Å². The van der Waals surface area contributed by atoms with Crippen LogP contribution in [0.4, 0.5) is 19.0 Å². The molecular formula is C17H14F3N7S. The van der Waals surface area contributed by atoms with Gasteiger partial charge in [0.1, 0.15) is 12.2 Å². The monoisotopic (exact) mass is 405 g/mol. The lowest BCUT2D eigenvalue weighted by molar-refractivity contribution is -0.141. The largest absolute Gasteiger partial charge is 0.433 e. The zero-order valence-corrected chi connectivity index (χ0v) is 15.3. The molecule has 0 radical (unpaired) electrons. The molecule has 144 valence electrons. The fraction of sp³-hybridized carbons (Fsp3) is 0.176. The van der Waals surface area contributed by atoms with Crippen molar-refractivity contribution in [2.75, 3.05) is 5.73 Å². The molecule has 0 spiro atoms. The average molecular weight is 405 g/mol. The third-order valence-electron chi connectivity index (χ3n) is 4.24. The molecule has 0 atom stereocenters. The number of nitrogen functional groups attached to an aromatic ring is 1. The van der Waals surface area contributed by atoms with E-state index in [1.54, 1.807) is 4.57 Å². The number of anilines is 1. The smallest absolute Gasteiger partial charge is 0.382 e. The first kappa shape index (κ1) is 18.2. The Balaban J connectivity index is 1.81. The number of nitrogens with two attached hydrogens (primary N) is 1. The number of rotatable bonds is 3. The molecule has 4 rings (SSSR count). The van der Waals surface area contributed by atoms with Crippen molar-refractivity contribution in [3.05, 3.63) is 58.3 Å². The SMILES string of the molecule is Cc1ccc(-n2c(Cn3nc(N)c4ccc(C(F)(F)F)nc43)n[nH]c2=S)cc1. The molecule has 3 N–H and O–H groups in total. The van der Waals surface area contributed by atoms with Crippen LogP contribution >= 0.6 is 12.2 Å². The highest BCUT2D eigenvalue weighted by Gasteiger charge is 2.33. The minimum atomic E-state index is -4.57. The summed E-state index contributed by atoms with van der Waals surface area (Å²) in [5.74, 6) is 0.546. The van der Waals surface area contributed by atoms with Gasteiger partial charge < -0.3 is 5.73 Å². The number of halogens is 3. The Morgan fingerprint density at radius 1 is 1.14 bits per heavy atom. The second kappa shape index (κ2) is 6.44. The molecule has 7 nitrogen and oxygen atoms in total. The molecule has 4 aromatic rings. The number of hydrogen-bond donors (Lipinski definition) is 2. The van der Waals surface area contributed by atoms with Gasteiger partial charge in [0.15, 0.2) is 22.1 Å². The van der Waals surface area contributed by atoms with Gasteiger partial charge in [0.05, 0.1) is 5.39 Å². The quantitative estimate of drug-likeness (QED) is 0.508. The topological polar surface area (TPSA) is 90.3 Å². The highest BCUT2D eigenvalue weighted by molar-refractivity contribution is 7.71. The third-order valence-corrected chi connectivity index (χ3v) is 4.51. The second-order valence-corrected chi connectivity index (χ2v) is 6.61. The van der Waals surface area contributed by atoms with Crippen LogP contribution in [0, 0.1) is 11.7 Å². The van der Waals surface area contributed by atoms with Gasteiger partial charge in [0.2, 0.25) is 0 Å². The van der Waals surface area contributed by atoms with E-state index >= 15 is 0 Å². The van der Waals surface area contributed by atoms with E-state index in [0.717, 1.165) is 17.3 Å². The molecule has 0 aliphatic heterocycles. The van der Waals surface area contributed by atoms with Crippen molar-refractivity contribution in [1.82, 2.24) is 29.5 Å². The fourth-order valence-corrected chi connectivity index (χ4v) is 3.13. The maximum Gasteiger partial charge on any atom is 0.433 e. The molecule has 0 saturated heterocycles.